The highest BCUT2D eigenvalue weighted by Crippen LogP contribution is 2.26. The molecule has 0 spiro atoms. The van der Waals surface area contributed by atoms with Gasteiger partial charge in [0.15, 0.2) is 0 Å². The van der Waals surface area contributed by atoms with E-state index in [2.05, 4.69) is 33.8 Å². The lowest BCUT2D eigenvalue weighted by Crippen LogP contribution is -2.06. The second kappa shape index (κ2) is 10.5. The van der Waals surface area contributed by atoms with Gasteiger partial charge in [0, 0.05) is 23.3 Å². The first kappa shape index (κ1) is 21.5. The van der Waals surface area contributed by atoms with Crippen molar-refractivity contribution in [3.05, 3.63) is 96.3 Å². The minimum Gasteiger partial charge on any atom is -0.313 e. The van der Waals surface area contributed by atoms with Crippen molar-refractivity contribution < 1.29 is 9.63 Å². The Morgan fingerprint density at radius 3 is 2.50 bits per heavy atom. The Bertz CT molecular complexity index is 1200. The number of rotatable bonds is 9. The van der Waals surface area contributed by atoms with Gasteiger partial charge in [0.25, 0.3) is 0 Å². The van der Waals surface area contributed by atoms with Crippen molar-refractivity contribution in [3.63, 3.8) is 0 Å². The van der Waals surface area contributed by atoms with E-state index in [0.29, 0.717) is 5.56 Å². The first-order valence-electron chi connectivity index (χ1n) is 11.1. The van der Waals surface area contributed by atoms with Crippen LogP contribution in [0.15, 0.2) is 90.3 Å². The van der Waals surface area contributed by atoms with Crippen LogP contribution in [0.25, 0.3) is 16.7 Å². The Hall–Kier alpha value is -3.73. The maximum absolute atomic E-state index is 12.5. The Morgan fingerprint density at radius 2 is 1.72 bits per heavy atom. The van der Waals surface area contributed by atoms with Gasteiger partial charge in [-0.25, -0.2) is 9.78 Å². The minimum absolute atomic E-state index is 0.454. The number of hydrogen-bond acceptors (Lipinski definition) is 4. The molecule has 32 heavy (non-hydrogen) atoms. The van der Waals surface area contributed by atoms with Crippen molar-refractivity contribution in [1.29, 1.82) is 0 Å². The van der Waals surface area contributed by atoms with Crippen LogP contribution in [0, 0.1) is 0 Å². The van der Waals surface area contributed by atoms with Crippen LogP contribution in [0.1, 0.15) is 54.9 Å². The number of benzene rings is 2. The van der Waals surface area contributed by atoms with Crippen molar-refractivity contribution in [2.75, 3.05) is 0 Å². The number of unbranched alkanes of at least 4 members (excludes halogenated alkanes) is 3. The van der Waals surface area contributed by atoms with E-state index in [4.69, 9.17) is 4.84 Å². The van der Waals surface area contributed by atoms with E-state index in [9.17, 15) is 4.79 Å². The van der Waals surface area contributed by atoms with Gasteiger partial charge in [-0.15, -0.1) is 0 Å². The third-order valence-electron chi connectivity index (χ3n) is 5.43. The molecule has 0 bridgehead atoms. The number of nitrogens with zero attached hydrogens (tertiary/aromatic N) is 3. The Morgan fingerprint density at radius 1 is 0.938 bits per heavy atom. The average molecular weight is 426 g/mol. The van der Waals surface area contributed by atoms with Gasteiger partial charge in [-0.05, 0) is 43.2 Å². The van der Waals surface area contributed by atoms with E-state index in [-0.39, 0.29) is 0 Å². The number of carbonyl (C=O) groups is 1. The summed E-state index contributed by atoms with van der Waals surface area (Å²) in [4.78, 5) is 22.4. The van der Waals surface area contributed by atoms with E-state index in [1.807, 2.05) is 54.7 Å². The quantitative estimate of drug-likeness (QED) is 0.132. The van der Waals surface area contributed by atoms with Crippen molar-refractivity contribution in [3.8, 4) is 5.82 Å². The summed E-state index contributed by atoms with van der Waals surface area (Å²) < 4.78 is 2.06. The number of fused-ring (bicyclic) bond motifs is 1. The molecule has 0 saturated heterocycles. The van der Waals surface area contributed by atoms with Crippen molar-refractivity contribution >= 4 is 22.6 Å². The Kier molecular flexibility index (Phi) is 7.08. The van der Waals surface area contributed by atoms with Gasteiger partial charge in [0.1, 0.15) is 5.82 Å². The second-order valence-corrected chi connectivity index (χ2v) is 7.71. The Labute approximate surface area is 188 Å². The lowest BCUT2D eigenvalue weighted by molar-refractivity contribution is 0.0515. The molecule has 0 amide bonds. The highest BCUT2D eigenvalue weighted by Gasteiger charge is 2.16. The molecule has 0 aliphatic heterocycles. The fourth-order valence-electron chi connectivity index (χ4n) is 3.77. The fraction of sp³-hybridized carbons (Fsp3) is 0.222. The van der Waals surface area contributed by atoms with Crippen LogP contribution in [-0.2, 0) is 4.84 Å². The molecule has 162 valence electrons. The van der Waals surface area contributed by atoms with Crippen molar-refractivity contribution in [1.82, 2.24) is 9.55 Å². The lowest BCUT2D eigenvalue weighted by atomic mass is 10.0. The Balaban J connectivity index is 1.71. The third-order valence-corrected chi connectivity index (χ3v) is 5.43. The molecule has 4 rings (SSSR count). The first-order chi connectivity index (χ1) is 15.8. The van der Waals surface area contributed by atoms with Crippen LogP contribution in [0.5, 0.6) is 0 Å². The number of pyridine rings is 1. The summed E-state index contributed by atoms with van der Waals surface area (Å²) in [5.41, 5.74) is 3.26. The first-order valence-corrected chi connectivity index (χ1v) is 11.1. The normalized spacial score (nSPS) is 11.6. The summed E-state index contributed by atoms with van der Waals surface area (Å²) in [5.74, 6) is 0.381. The largest absolute Gasteiger partial charge is 0.365 e. The molecular weight excluding hydrogens is 398 g/mol. The van der Waals surface area contributed by atoms with Crippen LogP contribution in [0.4, 0.5) is 0 Å². The monoisotopic (exact) mass is 425 g/mol. The molecule has 0 N–H and O–H groups in total. The van der Waals surface area contributed by atoms with Crippen LogP contribution < -0.4 is 0 Å². The maximum Gasteiger partial charge on any atom is 0.365 e. The molecule has 0 radical (unpaired) electrons. The van der Waals surface area contributed by atoms with Crippen LogP contribution in [0.3, 0.4) is 0 Å². The number of aromatic nitrogens is 2. The van der Waals surface area contributed by atoms with Crippen LogP contribution in [-0.4, -0.2) is 21.2 Å². The standard InChI is InChI=1S/C27H27N3O2/c1-2-3-4-8-16-24(29-32-27(31)21-13-6-5-7-14-21)23-20-30(26-18-11-12-19-28-26)25-17-10-9-15-22(23)25/h5-7,9-15,17-20H,2-4,8,16H2,1H3/b29-24+. The van der Waals surface area contributed by atoms with E-state index in [1.54, 1.807) is 18.3 Å². The van der Waals surface area contributed by atoms with E-state index < -0.39 is 5.97 Å². The molecule has 0 saturated carbocycles. The van der Waals surface area contributed by atoms with Gasteiger partial charge in [0.05, 0.1) is 16.8 Å². The lowest BCUT2D eigenvalue weighted by Gasteiger charge is -2.06. The highest BCUT2D eigenvalue weighted by molar-refractivity contribution is 6.11. The number of carbonyl (C=O) groups excluding carboxylic acids is 1. The number of para-hydroxylation sites is 1. The number of oxime groups is 1. The average Bonchev–Trinajstić information content (AvgIpc) is 3.24. The summed E-state index contributed by atoms with van der Waals surface area (Å²) >= 11 is 0. The second-order valence-electron chi connectivity index (χ2n) is 7.71. The molecule has 0 aliphatic carbocycles. The van der Waals surface area contributed by atoms with Gasteiger partial charge >= 0.3 is 5.97 Å². The zero-order valence-electron chi connectivity index (χ0n) is 18.3. The predicted molar refractivity (Wildman–Crippen MR) is 128 cm³/mol. The molecule has 5 heteroatoms. The number of hydrogen-bond donors (Lipinski definition) is 0. The van der Waals surface area contributed by atoms with Crippen LogP contribution in [0.2, 0.25) is 0 Å². The smallest absolute Gasteiger partial charge is 0.313 e. The van der Waals surface area contributed by atoms with Gasteiger partial charge in [-0.1, -0.05) is 73.8 Å². The molecule has 0 fully saturated rings. The molecule has 0 atom stereocenters. The minimum atomic E-state index is -0.454. The molecule has 0 aliphatic rings. The summed E-state index contributed by atoms with van der Waals surface area (Å²) in [6.45, 7) is 2.19. The van der Waals surface area contributed by atoms with Crippen molar-refractivity contribution in [2.45, 2.75) is 39.0 Å². The van der Waals surface area contributed by atoms with E-state index in [1.165, 1.54) is 6.42 Å². The maximum atomic E-state index is 12.5. The molecule has 0 unspecified atom stereocenters. The third kappa shape index (κ3) is 4.94. The predicted octanol–water partition coefficient (Wildman–Crippen LogP) is 6.56. The molecular formula is C27H27N3O2. The summed E-state index contributed by atoms with van der Waals surface area (Å²) in [6, 6.07) is 23.0. The fourth-order valence-corrected chi connectivity index (χ4v) is 3.77. The van der Waals surface area contributed by atoms with Gasteiger partial charge in [0.2, 0.25) is 0 Å². The van der Waals surface area contributed by atoms with E-state index in [0.717, 1.165) is 53.7 Å². The van der Waals surface area contributed by atoms with Crippen LogP contribution >= 0.6 is 0 Å². The molecule has 2 aromatic carbocycles. The summed E-state index contributed by atoms with van der Waals surface area (Å²) in [7, 11) is 0. The zero-order chi connectivity index (χ0) is 22.2. The molecule has 5 nitrogen and oxygen atoms in total. The topological polar surface area (TPSA) is 56.5 Å². The molecule has 4 aromatic rings. The van der Waals surface area contributed by atoms with Crippen molar-refractivity contribution in [2.24, 2.45) is 5.16 Å². The zero-order valence-corrected chi connectivity index (χ0v) is 18.3. The summed E-state index contributed by atoms with van der Waals surface area (Å²) in [6.07, 6.45) is 8.99. The molecule has 2 aromatic heterocycles. The van der Waals surface area contributed by atoms with Gasteiger partial charge in [-0.3, -0.25) is 0 Å². The highest BCUT2D eigenvalue weighted by atomic mass is 16.7. The SMILES string of the molecule is CCCCCC/C(=N\OC(=O)c1ccccc1)c1cn(-c2ccccn2)c2ccccc12. The van der Waals surface area contributed by atoms with Gasteiger partial charge in [-0.2, -0.15) is 0 Å². The summed E-state index contributed by atoms with van der Waals surface area (Å²) in [5, 5.41) is 5.42. The molecule has 2 heterocycles. The van der Waals surface area contributed by atoms with Gasteiger partial charge < -0.3 is 9.40 Å². The van der Waals surface area contributed by atoms with E-state index >= 15 is 0 Å².